The third-order valence-electron chi connectivity index (χ3n) is 2.95. The number of nitrogens with zero attached hydrogens (tertiary/aromatic N) is 3. The van der Waals surface area contributed by atoms with Gasteiger partial charge in [0.25, 0.3) is 0 Å². The molecule has 0 spiro atoms. The zero-order chi connectivity index (χ0) is 15.5. The molecule has 0 aliphatic heterocycles. The smallest absolute Gasteiger partial charge is 0.216 e. The van der Waals surface area contributed by atoms with Gasteiger partial charge in [-0.15, -0.1) is 0 Å². The molecule has 0 radical (unpaired) electrons. The summed E-state index contributed by atoms with van der Waals surface area (Å²) in [6, 6.07) is 14.2. The summed E-state index contributed by atoms with van der Waals surface area (Å²) < 4.78 is 16.3. The van der Waals surface area contributed by atoms with Crippen LogP contribution in [0, 0.1) is 10.6 Å². The van der Waals surface area contributed by atoms with Crippen LogP contribution in [0.5, 0.6) is 0 Å². The van der Waals surface area contributed by atoms with Crippen LogP contribution in [-0.4, -0.2) is 21.1 Å². The van der Waals surface area contributed by atoms with Gasteiger partial charge in [0.2, 0.25) is 4.77 Å². The molecule has 0 amide bonds. The Morgan fingerprint density at radius 2 is 2.00 bits per heavy atom. The molecule has 0 atom stereocenters. The van der Waals surface area contributed by atoms with Crippen LogP contribution >= 0.6 is 28.1 Å². The van der Waals surface area contributed by atoms with E-state index in [1.165, 1.54) is 17.0 Å². The van der Waals surface area contributed by atoms with Crippen molar-refractivity contribution in [3.05, 3.63) is 69.2 Å². The van der Waals surface area contributed by atoms with Gasteiger partial charge in [-0.25, -0.2) is 9.49 Å². The molecule has 0 saturated carbocycles. The molecular weight excluding hydrogens is 367 g/mol. The zero-order valence-electron chi connectivity index (χ0n) is 11.2. The predicted molar refractivity (Wildman–Crippen MR) is 89.9 cm³/mol. The number of halogens is 2. The molecular formula is C15H10BrFN4S. The van der Waals surface area contributed by atoms with Crippen molar-refractivity contribution in [3.8, 4) is 11.4 Å². The van der Waals surface area contributed by atoms with E-state index in [1.54, 1.807) is 12.1 Å². The van der Waals surface area contributed by atoms with Crippen LogP contribution in [0.3, 0.4) is 0 Å². The normalized spacial score (nSPS) is 11.2. The van der Waals surface area contributed by atoms with Crippen molar-refractivity contribution >= 4 is 34.4 Å². The highest BCUT2D eigenvalue weighted by atomic mass is 79.9. The van der Waals surface area contributed by atoms with Gasteiger partial charge >= 0.3 is 0 Å². The van der Waals surface area contributed by atoms with Gasteiger partial charge < -0.3 is 0 Å². The maximum atomic E-state index is 13.8. The second-order valence-corrected chi connectivity index (χ2v) is 5.74. The van der Waals surface area contributed by atoms with Crippen molar-refractivity contribution < 1.29 is 4.39 Å². The Morgan fingerprint density at radius 1 is 1.23 bits per heavy atom. The van der Waals surface area contributed by atoms with Crippen molar-refractivity contribution in [1.29, 1.82) is 0 Å². The molecule has 0 unspecified atom stereocenters. The fraction of sp³-hybridized carbons (Fsp3) is 0. The van der Waals surface area contributed by atoms with Gasteiger partial charge in [0.05, 0.1) is 6.21 Å². The molecule has 3 aromatic rings. The van der Waals surface area contributed by atoms with Crippen LogP contribution in [-0.2, 0) is 0 Å². The topological polar surface area (TPSA) is 46.0 Å². The maximum absolute atomic E-state index is 13.8. The Hall–Kier alpha value is -2.12. The SMILES string of the molecule is Fc1ccc(Br)cc1/C=N/n1c(-c2ccccc2)n[nH]c1=S. The number of aromatic amines is 1. The van der Waals surface area contributed by atoms with E-state index < -0.39 is 0 Å². The molecule has 0 aliphatic carbocycles. The van der Waals surface area contributed by atoms with Gasteiger partial charge in [-0.1, -0.05) is 46.3 Å². The van der Waals surface area contributed by atoms with Crippen LogP contribution in [0.4, 0.5) is 4.39 Å². The maximum Gasteiger partial charge on any atom is 0.216 e. The molecule has 0 bridgehead atoms. The van der Waals surface area contributed by atoms with E-state index >= 15 is 0 Å². The summed E-state index contributed by atoms with van der Waals surface area (Å²) in [6.45, 7) is 0. The number of nitrogens with one attached hydrogen (secondary N) is 1. The quantitative estimate of drug-likeness (QED) is 0.544. The number of H-pyrrole nitrogens is 1. The molecule has 110 valence electrons. The molecule has 0 saturated heterocycles. The number of aromatic nitrogens is 3. The van der Waals surface area contributed by atoms with Gasteiger partial charge in [0, 0.05) is 15.6 Å². The molecule has 4 nitrogen and oxygen atoms in total. The van der Waals surface area contributed by atoms with Crippen molar-refractivity contribution in [2.75, 3.05) is 0 Å². The second-order valence-electron chi connectivity index (χ2n) is 4.44. The Balaban J connectivity index is 2.03. The van der Waals surface area contributed by atoms with Crippen LogP contribution in [0.1, 0.15) is 5.56 Å². The number of rotatable bonds is 3. The fourth-order valence-corrected chi connectivity index (χ4v) is 2.46. The molecule has 1 heterocycles. The highest BCUT2D eigenvalue weighted by molar-refractivity contribution is 9.10. The number of benzene rings is 2. The van der Waals surface area contributed by atoms with Gasteiger partial charge in [0.15, 0.2) is 5.82 Å². The molecule has 3 rings (SSSR count). The monoisotopic (exact) mass is 376 g/mol. The lowest BCUT2D eigenvalue weighted by Crippen LogP contribution is -1.96. The van der Waals surface area contributed by atoms with E-state index in [9.17, 15) is 4.39 Å². The first-order valence-electron chi connectivity index (χ1n) is 6.37. The van der Waals surface area contributed by atoms with E-state index in [2.05, 4.69) is 31.2 Å². The van der Waals surface area contributed by atoms with Crippen molar-refractivity contribution in [2.45, 2.75) is 0 Å². The van der Waals surface area contributed by atoms with Crippen LogP contribution in [0.15, 0.2) is 58.1 Å². The summed E-state index contributed by atoms with van der Waals surface area (Å²) in [7, 11) is 0. The number of hydrogen-bond acceptors (Lipinski definition) is 3. The first kappa shape index (κ1) is 14.8. The predicted octanol–water partition coefficient (Wildman–Crippen LogP) is 4.39. The Labute approximate surface area is 139 Å². The van der Waals surface area contributed by atoms with Crippen molar-refractivity contribution in [1.82, 2.24) is 14.9 Å². The van der Waals surface area contributed by atoms with Gasteiger partial charge in [-0.2, -0.15) is 14.9 Å². The van der Waals surface area contributed by atoms with Gasteiger partial charge in [-0.05, 0) is 30.4 Å². The Bertz CT molecular complexity index is 886. The number of hydrogen-bond donors (Lipinski definition) is 1. The summed E-state index contributed by atoms with van der Waals surface area (Å²) in [6.07, 6.45) is 1.41. The van der Waals surface area contributed by atoms with Crippen LogP contribution in [0.25, 0.3) is 11.4 Å². The van der Waals surface area contributed by atoms with Crippen LogP contribution in [0.2, 0.25) is 0 Å². The van der Waals surface area contributed by atoms with E-state index in [1.807, 2.05) is 30.3 Å². The zero-order valence-corrected chi connectivity index (χ0v) is 13.6. The van der Waals surface area contributed by atoms with Crippen molar-refractivity contribution in [2.24, 2.45) is 5.10 Å². The molecule has 0 aliphatic rings. The highest BCUT2D eigenvalue weighted by Crippen LogP contribution is 2.17. The third-order valence-corrected chi connectivity index (χ3v) is 3.71. The van der Waals surface area contributed by atoms with Gasteiger partial charge in [0.1, 0.15) is 5.82 Å². The molecule has 0 fully saturated rings. The average Bonchev–Trinajstić information content (AvgIpc) is 2.90. The standard InChI is InChI=1S/C15H10BrFN4S/c16-12-6-7-13(17)11(8-12)9-18-21-14(19-20-15(21)22)10-4-2-1-3-5-10/h1-9H,(H,20,22)/b18-9+. The minimum atomic E-state index is -0.358. The van der Waals surface area contributed by atoms with E-state index in [0.717, 1.165) is 10.0 Å². The first-order chi connectivity index (χ1) is 10.6. The molecule has 22 heavy (non-hydrogen) atoms. The summed E-state index contributed by atoms with van der Waals surface area (Å²) in [5.41, 5.74) is 1.22. The van der Waals surface area contributed by atoms with E-state index in [4.69, 9.17) is 12.2 Å². The lowest BCUT2D eigenvalue weighted by atomic mass is 10.2. The van der Waals surface area contributed by atoms with Crippen LogP contribution < -0.4 is 0 Å². The summed E-state index contributed by atoms with van der Waals surface area (Å²) in [4.78, 5) is 0. The van der Waals surface area contributed by atoms with Gasteiger partial charge in [-0.3, -0.25) is 0 Å². The lowest BCUT2D eigenvalue weighted by molar-refractivity contribution is 0.625. The molecule has 1 aromatic heterocycles. The summed E-state index contributed by atoms with van der Waals surface area (Å²) >= 11 is 8.48. The lowest BCUT2D eigenvalue weighted by Gasteiger charge is -2.01. The molecule has 7 heteroatoms. The summed E-state index contributed by atoms with van der Waals surface area (Å²) in [5, 5.41) is 11.1. The van der Waals surface area contributed by atoms with Crippen molar-refractivity contribution in [3.63, 3.8) is 0 Å². The Kier molecular flexibility index (Phi) is 4.26. The summed E-state index contributed by atoms with van der Waals surface area (Å²) in [5.74, 6) is 0.209. The molecule has 2 aromatic carbocycles. The largest absolute Gasteiger partial charge is 0.250 e. The Morgan fingerprint density at radius 3 is 2.77 bits per heavy atom. The average molecular weight is 377 g/mol. The highest BCUT2D eigenvalue weighted by Gasteiger charge is 2.07. The molecule has 1 N–H and O–H groups in total. The first-order valence-corrected chi connectivity index (χ1v) is 7.57. The van der Waals surface area contributed by atoms with E-state index in [0.29, 0.717) is 16.2 Å². The third kappa shape index (κ3) is 3.05. The fourth-order valence-electron chi connectivity index (χ4n) is 1.91. The second kappa shape index (κ2) is 6.33. The van der Waals surface area contributed by atoms with E-state index in [-0.39, 0.29) is 5.82 Å². The minimum absolute atomic E-state index is 0.338. The minimum Gasteiger partial charge on any atom is -0.250 e.